The highest BCUT2D eigenvalue weighted by Gasteiger charge is 2.26. The van der Waals surface area contributed by atoms with Gasteiger partial charge < -0.3 is 14.5 Å². The van der Waals surface area contributed by atoms with Crippen LogP contribution in [0.25, 0.3) is 0 Å². The van der Waals surface area contributed by atoms with Crippen LogP contribution in [0.2, 0.25) is 0 Å². The zero-order chi connectivity index (χ0) is 18.4. The minimum atomic E-state index is -0.281. The van der Waals surface area contributed by atoms with E-state index in [1.807, 2.05) is 77.2 Å². The highest BCUT2D eigenvalue weighted by molar-refractivity contribution is 7.98. The standard InChI is InChI=1S/C20H24N4OS/c1-23-14-11-21-19(23)18(16-8-4-3-5-9-16)22-20(25)17(10-15-26-2)24-12-6-7-13-24/h3-9,11-14,17-18H,10,15H2,1-2H3,(H,22,25)/t17-,18-/m0/s1. The summed E-state index contributed by atoms with van der Waals surface area (Å²) in [4.78, 5) is 17.6. The van der Waals surface area contributed by atoms with Crippen LogP contribution in [0.15, 0.2) is 67.3 Å². The second kappa shape index (κ2) is 8.76. The number of hydrogen-bond acceptors (Lipinski definition) is 3. The topological polar surface area (TPSA) is 51.9 Å². The van der Waals surface area contributed by atoms with Gasteiger partial charge in [0.2, 0.25) is 5.91 Å². The van der Waals surface area contributed by atoms with Crippen molar-refractivity contribution in [1.29, 1.82) is 0 Å². The van der Waals surface area contributed by atoms with Crippen molar-refractivity contribution in [2.75, 3.05) is 12.0 Å². The lowest BCUT2D eigenvalue weighted by Gasteiger charge is -2.24. The Bertz CT molecular complexity index is 813. The number of carbonyl (C=O) groups excluding carboxylic acids is 1. The van der Waals surface area contributed by atoms with E-state index in [9.17, 15) is 4.79 Å². The lowest BCUT2D eigenvalue weighted by Crippen LogP contribution is -2.37. The third kappa shape index (κ3) is 4.19. The molecular formula is C20H24N4OS. The van der Waals surface area contributed by atoms with Crippen molar-refractivity contribution in [2.45, 2.75) is 18.5 Å². The van der Waals surface area contributed by atoms with Crippen LogP contribution in [0.5, 0.6) is 0 Å². The Kier molecular flexibility index (Phi) is 6.17. The van der Waals surface area contributed by atoms with Crippen LogP contribution in [0, 0.1) is 0 Å². The number of imidazole rings is 1. The molecule has 0 saturated carbocycles. The molecule has 0 saturated heterocycles. The lowest BCUT2D eigenvalue weighted by atomic mass is 10.1. The van der Waals surface area contributed by atoms with Crippen molar-refractivity contribution < 1.29 is 4.79 Å². The van der Waals surface area contributed by atoms with E-state index in [-0.39, 0.29) is 18.0 Å². The molecule has 0 aliphatic heterocycles. The zero-order valence-corrected chi connectivity index (χ0v) is 15.9. The lowest BCUT2D eigenvalue weighted by molar-refractivity contribution is -0.125. The Morgan fingerprint density at radius 1 is 1.15 bits per heavy atom. The molecule has 2 aromatic heterocycles. The van der Waals surface area contributed by atoms with Gasteiger partial charge in [-0.05, 0) is 36.1 Å². The third-order valence-corrected chi connectivity index (χ3v) is 5.07. The summed E-state index contributed by atoms with van der Waals surface area (Å²) in [6.07, 6.45) is 10.4. The van der Waals surface area contributed by atoms with Crippen LogP contribution >= 0.6 is 11.8 Å². The average Bonchev–Trinajstić information content (AvgIpc) is 3.33. The number of aryl methyl sites for hydroxylation is 1. The molecule has 0 radical (unpaired) electrons. The summed E-state index contributed by atoms with van der Waals surface area (Å²) < 4.78 is 3.93. The van der Waals surface area contributed by atoms with Crippen LogP contribution in [-0.2, 0) is 11.8 Å². The largest absolute Gasteiger partial charge is 0.342 e. The van der Waals surface area contributed by atoms with E-state index in [1.54, 1.807) is 18.0 Å². The normalized spacial score (nSPS) is 13.3. The second-order valence-electron chi connectivity index (χ2n) is 6.18. The molecule has 26 heavy (non-hydrogen) atoms. The fraction of sp³-hybridized carbons (Fsp3) is 0.300. The fourth-order valence-electron chi connectivity index (χ4n) is 3.04. The van der Waals surface area contributed by atoms with Crippen LogP contribution < -0.4 is 5.32 Å². The molecule has 5 nitrogen and oxygen atoms in total. The van der Waals surface area contributed by atoms with Gasteiger partial charge in [0.15, 0.2) is 0 Å². The van der Waals surface area contributed by atoms with Crippen LogP contribution in [0.1, 0.15) is 29.9 Å². The van der Waals surface area contributed by atoms with E-state index in [0.29, 0.717) is 0 Å². The molecule has 0 aliphatic carbocycles. The first-order chi connectivity index (χ1) is 12.7. The number of hydrogen-bond donors (Lipinski definition) is 1. The molecular weight excluding hydrogens is 344 g/mol. The molecule has 3 rings (SSSR count). The molecule has 0 bridgehead atoms. The average molecular weight is 369 g/mol. The molecule has 6 heteroatoms. The number of nitrogens with one attached hydrogen (secondary N) is 1. The van der Waals surface area contributed by atoms with Crippen molar-refractivity contribution >= 4 is 17.7 Å². The van der Waals surface area contributed by atoms with Gasteiger partial charge in [0.1, 0.15) is 17.9 Å². The van der Waals surface area contributed by atoms with Gasteiger partial charge in [-0.3, -0.25) is 4.79 Å². The summed E-state index contributed by atoms with van der Waals surface area (Å²) in [7, 11) is 1.95. The molecule has 136 valence electrons. The second-order valence-corrected chi connectivity index (χ2v) is 7.16. The predicted molar refractivity (Wildman–Crippen MR) is 106 cm³/mol. The Labute approximate surface area is 158 Å². The molecule has 0 spiro atoms. The van der Waals surface area contributed by atoms with Crippen LogP contribution in [0.3, 0.4) is 0 Å². The number of nitrogens with zero attached hydrogens (tertiary/aromatic N) is 3. The van der Waals surface area contributed by atoms with Crippen LogP contribution in [0.4, 0.5) is 0 Å². The molecule has 1 amide bonds. The van der Waals surface area contributed by atoms with Crippen molar-refractivity contribution in [1.82, 2.24) is 19.4 Å². The van der Waals surface area contributed by atoms with E-state index < -0.39 is 0 Å². The number of rotatable bonds is 8. The number of benzene rings is 1. The van der Waals surface area contributed by atoms with Crippen molar-refractivity contribution in [3.63, 3.8) is 0 Å². The van der Waals surface area contributed by atoms with E-state index in [1.165, 1.54) is 0 Å². The highest BCUT2D eigenvalue weighted by atomic mass is 32.2. The third-order valence-electron chi connectivity index (χ3n) is 4.42. The van der Waals surface area contributed by atoms with Crippen molar-refractivity contribution in [3.05, 3.63) is 78.6 Å². The smallest absolute Gasteiger partial charge is 0.243 e. The summed E-state index contributed by atoms with van der Waals surface area (Å²) in [6.45, 7) is 0. The van der Waals surface area contributed by atoms with Crippen molar-refractivity contribution in [2.24, 2.45) is 7.05 Å². The molecule has 0 unspecified atom stereocenters. The van der Waals surface area contributed by atoms with Gasteiger partial charge in [0.05, 0.1) is 0 Å². The maximum atomic E-state index is 13.2. The number of amides is 1. The highest BCUT2D eigenvalue weighted by Crippen LogP contribution is 2.23. The summed E-state index contributed by atoms with van der Waals surface area (Å²) in [5.74, 6) is 1.75. The Hall–Kier alpha value is -2.47. The first kappa shape index (κ1) is 18.3. The molecule has 2 heterocycles. The van der Waals surface area contributed by atoms with E-state index in [2.05, 4.69) is 16.6 Å². The van der Waals surface area contributed by atoms with Gasteiger partial charge >= 0.3 is 0 Å². The fourth-order valence-corrected chi connectivity index (χ4v) is 3.50. The van der Waals surface area contributed by atoms with Gasteiger partial charge in [-0.15, -0.1) is 0 Å². The van der Waals surface area contributed by atoms with Gasteiger partial charge in [0, 0.05) is 31.8 Å². The van der Waals surface area contributed by atoms with Gasteiger partial charge in [-0.25, -0.2) is 4.98 Å². The van der Waals surface area contributed by atoms with Crippen molar-refractivity contribution in [3.8, 4) is 0 Å². The molecule has 3 aromatic rings. The molecule has 0 aliphatic rings. The molecule has 1 aromatic carbocycles. The summed E-state index contributed by atoms with van der Waals surface area (Å²) in [5.41, 5.74) is 1.02. The Morgan fingerprint density at radius 2 is 1.88 bits per heavy atom. The van der Waals surface area contributed by atoms with Gasteiger partial charge in [0.25, 0.3) is 0 Å². The number of thioether (sulfide) groups is 1. The SMILES string of the molecule is CSCC[C@@H](C(=O)N[C@@H](c1ccccc1)c1nccn1C)n1cccc1. The van der Waals surface area contributed by atoms with E-state index in [0.717, 1.165) is 23.6 Å². The molecule has 2 atom stereocenters. The van der Waals surface area contributed by atoms with Gasteiger partial charge in [-0.1, -0.05) is 30.3 Å². The number of carbonyl (C=O) groups is 1. The monoisotopic (exact) mass is 368 g/mol. The zero-order valence-electron chi connectivity index (χ0n) is 15.1. The summed E-state index contributed by atoms with van der Waals surface area (Å²) in [5, 5.41) is 3.22. The van der Waals surface area contributed by atoms with Gasteiger partial charge in [-0.2, -0.15) is 11.8 Å². The quantitative estimate of drug-likeness (QED) is 0.663. The minimum Gasteiger partial charge on any atom is -0.342 e. The maximum absolute atomic E-state index is 13.2. The number of aromatic nitrogens is 3. The Balaban J connectivity index is 1.88. The van der Waals surface area contributed by atoms with E-state index in [4.69, 9.17) is 0 Å². The molecule has 0 fully saturated rings. The Morgan fingerprint density at radius 3 is 2.50 bits per heavy atom. The molecule has 1 N–H and O–H groups in total. The summed E-state index contributed by atoms with van der Waals surface area (Å²) >= 11 is 1.75. The van der Waals surface area contributed by atoms with Crippen LogP contribution in [-0.4, -0.2) is 32.0 Å². The minimum absolute atomic E-state index is 0.00658. The predicted octanol–water partition coefficient (Wildman–Crippen LogP) is 3.42. The first-order valence-electron chi connectivity index (χ1n) is 8.64. The van der Waals surface area contributed by atoms with E-state index >= 15 is 0 Å². The maximum Gasteiger partial charge on any atom is 0.243 e. The first-order valence-corrected chi connectivity index (χ1v) is 10.0. The summed E-state index contributed by atoms with van der Waals surface area (Å²) in [6, 6.07) is 13.4.